The van der Waals surface area contributed by atoms with E-state index in [1.165, 1.54) is 0 Å². The minimum absolute atomic E-state index is 0.153. The maximum absolute atomic E-state index is 12.4. The van der Waals surface area contributed by atoms with Crippen LogP contribution in [0.15, 0.2) is 29.2 Å². The number of aryl methyl sites for hydroxylation is 1. The first-order chi connectivity index (χ1) is 13.8. The molecule has 0 bridgehead atoms. The average Bonchev–Trinajstić information content (AvgIpc) is 2.64. The van der Waals surface area contributed by atoms with Gasteiger partial charge < -0.3 is 9.64 Å². The Morgan fingerprint density at radius 3 is 2.17 bits per heavy atom. The predicted molar refractivity (Wildman–Crippen MR) is 118 cm³/mol. The van der Waals surface area contributed by atoms with E-state index in [2.05, 4.69) is 0 Å². The summed E-state index contributed by atoms with van der Waals surface area (Å²) in [6.07, 6.45) is 3.50. The van der Waals surface area contributed by atoms with E-state index >= 15 is 0 Å². The number of rotatable bonds is 7. The predicted octanol–water partition coefficient (Wildman–Crippen LogP) is 5.15. The van der Waals surface area contributed by atoms with Crippen molar-refractivity contribution in [2.45, 2.75) is 77.7 Å². The largest absolute Gasteiger partial charge is 0.444 e. The molecule has 1 aliphatic rings. The number of carbonyl (C=O) groups excluding carboxylic acids is 1. The van der Waals surface area contributed by atoms with Crippen LogP contribution in [0.2, 0.25) is 0 Å². The quantitative estimate of drug-likeness (QED) is 0.549. The van der Waals surface area contributed by atoms with Gasteiger partial charge in [-0.2, -0.15) is 8.42 Å². The number of carbonyl (C=O) groups is 1. The minimum atomic E-state index is -3.74. The number of ether oxygens (including phenoxy) is 1. The molecule has 1 aromatic carbocycles. The summed E-state index contributed by atoms with van der Waals surface area (Å²) < 4.78 is 35.7. The first-order valence-corrected chi connectivity index (χ1v) is 12.1. The van der Waals surface area contributed by atoms with E-state index in [1.807, 2.05) is 41.5 Å². The normalized spacial score (nSPS) is 16.5. The van der Waals surface area contributed by atoms with Crippen LogP contribution < -0.4 is 0 Å². The fraction of sp³-hybridized carbons (Fsp3) is 0.696. The second-order valence-electron chi connectivity index (χ2n) is 10.1. The monoisotopic (exact) mass is 439 g/mol. The Morgan fingerprint density at radius 2 is 1.63 bits per heavy atom. The van der Waals surface area contributed by atoms with E-state index in [-0.39, 0.29) is 23.0 Å². The zero-order valence-corrected chi connectivity index (χ0v) is 20.0. The Labute approximate surface area is 182 Å². The van der Waals surface area contributed by atoms with Crippen molar-refractivity contribution in [3.05, 3.63) is 29.8 Å². The number of likely N-dealkylation sites (tertiary alicyclic amines) is 1. The molecule has 6 nitrogen and oxygen atoms in total. The molecule has 0 aliphatic carbocycles. The van der Waals surface area contributed by atoms with Crippen molar-refractivity contribution >= 4 is 16.2 Å². The Balaban J connectivity index is 1.77. The van der Waals surface area contributed by atoms with Gasteiger partial charge in [-0.05, 0) is 76.8 Å². The van der Waals surface area contributed by atoms with E-state index in [1.54, 1.807) is 29.2 Å². The molecule has 0 N–H and O–H groups in total. The van der Waals surface area contributed by atoms with Crippen LogP contribution in [-0.2, 0) is 19.0 Å². The van der Waals surface area contributed by atoms with Gasteiger partial charge in [-0.25, -0.2) is 4.79 Å². The van der Waals surface area contributed by atoms with Crippen molar-refractivity contribution in [2.24, 2.45) is 11.3 Å². The van der Waals surface area contributed by atoms with Gasteiger partial charge in [0.2, 0.25) is 0 Å². The van der Waals surface area contributed by atoms with Crippen LogP contribution in [0.1, 0.15) is 65.9 Å². The number of amides is 1. The van der Waals surface area contributed by atoms with E-state index in [4.69, 9.17) is 8.92 Å². The summed E-state index contributed by atoms with van der Waals surface area (Å²) in [4.78, 5) is 14.2. The average molecular weight is 440 g/mol. The van der Waals surface area contributed by atoms with Crippen molar-refractivity contribution in [3.8, 4) is 0 Å². The van der Waals surface area contributed by atoms with Crippen LogP contribution in [0.25, 0.3) is 0 Å². The van der Waals surface area contributed by atoms with Gasteiger partial charge in [-0.1, -0.05) is 31.5 Å². The van der Waals surface area contributed by atoms with Crippen molar-refractivity contribution < 1.29 is 22.1 Å². The fourth-order valence-corrected chi connectivity index (χ4v) is 4.49. The molecule has 0 unspecified atom stereocenters. The molecule has 0 atom stereocenters. The van der Waals surface area contributed by atoms with E-state index in [9.17, 15) is 13.2 Å². The lowest BCUT2D eigenvalue weighted by molar-refractivity contribution is 0.0175. The summed E-state index contributed by atoms with van der Waals surface area (Å²) in [7, 11) is -3.74. The molecule has 0 saturated carbocycles. The number of nitrogens with zero attached hydrogens (tertiary/aromatic N) is 1. The fourth-order valence-electron chi connectivity index (χ4n) is 3.41. The number of hydrogen-bond acceptors (Lipinski definition) is 5. The molecule has 0 spiro atoms. The van der Waals surface area contributed by atoms with Crippen LogP contribution in [0.3, 0.4) is 0 Å². The standard InChI is InChI=1S/C23H37NO5S/c1-18-7-9-20(10-8-18)30(26,27)28-17-23(5,6)14-11-19-12-15-24(16-13-19)21(25)29-22(2,3)4/h7-10,19H,11-17H2,1-6H3. The lowest BCUT2D eigenvalue weighted by Gasteiger charge is -2.34. The third kappa shape index (κ3) is 7.91. The minimum Gasteiger partial charge on any atom is -0.444 e. The number of hydrogen-bond donors (Lipinski definition) is 0. The maximum atomic E-state index is 12.4. The van der Waals surface area contributed by atoms with Crippen LogP contribution >= 0.6 is 0 Å². The summed E-state index contributed by atoms with van der Waals surface area (Å²) in [6.45, 7) is 13.2. The van der Waals surface area contributed by atoms with Crippen LogP contribution in [0.5, 0.6) is 0 Å². The molecular weight excluding hydrogens is 402 g/mol. The highest BCUT2D eigenvalue weighted by atomic mass is 32.2. The zero-order valence-electron chi connectivity index (χ0n) is 19.2. The third-order valence-corrected chi connectivity index (χ3v) is 6.69. The molecule has 0 aromatic heterocycles. The van der Waals surface area contributed by atoms with Crippen molar-refractivity contribution in [2.75, 3.05) is 19.7 Å². The van der Waals surface area contributed by atoms with Gasteiger partial charge >= 0.3 is 6.09 Å². The lowest BCUT2D eigenvalue weighted by Crippen LogP contribution is -2.41. The van der Waals surface area contributed by atoms with Crippen molar-refractivity contribution in [1.82, 2.24) is 4.90 Å². The maximum Gasteiger partial charge on any atom is 0.410 e. The van der Waals surface area contributed by atoms with Gasteiger partial charge in [-0.3, -0.25) is 4.18 Å². The molecule has 1 saturated heterocycles. The highest BCUT2D eigenvalue weighted by molar-refractivity contribution is 7.86. The van der Waals surface area contributed by atoms with Crippen molar-refractivity contribution in [3.63, 3.8) is 0 Å². The molecule has 0 radical (unpaired) electrons. The van der Waals surface area contributed by atoms with Gasteiger partial charge in [0.1, 0.15) is 5.60 Å². The van der Waals surface area contributed by atoms with Gasteiger partial charge in [0, 0.05) is 13.1 Å². The van der Waals surface area contributed by atoms with Gasteiger partial charge in [0.15, 0.2) is 0 Å². The SMILES string of the molecule is Cc1ccc(S(=O)(=O)OCC(C)(C)CCC2CCN(C(=O)OC(C)(C)C)CC2)cc1. The zero-order chi connectivity index (χ0) is 22.6. The van der Waals surface area contributed by atoms with Crippen LogP contribution in [-0.4, -0.2) is 44.7 Å². The van der Waals surface area contributed by atoms with E-state index < -0.39 is 15.7 Å². The number of piperidine rings is 1. The molecule has 2 rings (SSSR count). The number of benzene rings is 1. The Bertz CT molecular complexity index is 801. The second kappa shape index (κ2) is 9.69. The van der Waals surface area contributed by atoms with Gasteiger partial charge in [-0.15, -0.1) is 0 Å². The molecule has 1 aromatic rings. The smallest absolute Gasteiger partial charge is 0.410 e. The summed E-state index contributed by atoms with van der Waals surface area (Å²) in [5.41, 5.74) is 0.281. The second-order valence-corrected chi connectivity index (χ2v) is 11.8. The Morgan fingerprint density at radius 1 is 1.07 bits per heavy atom. The van der Waals surface area contributed by atoms with Crippen LogP contribution in [0, 0.1) is 18.3 Å². The van der Waals surface area contributed by atoms with Gasteiger partial charge in [0.25, 0.3) is 10.1 Å². The first-order valence-electron chi connectivity index (χ1n) is 10.7. The molecule has 7 heteroatoms. The highest BCUT2D eigenvalue weighted by Crippen LogP contribution is 2.31. The molecule has 1 heterocycles. The molecule has 1 aliphatic heterocycles. The summed E-state index contributed by atoms with van der Waals surface area (Å²) in [5, 5.41) is 0. The molecule has 1 amide bonds. The lowest BCUT2D eigenvalue weighted by atomic mass is 9.82. The van der Waals surface area contributed by atoms with E-state index in [0.717, 1.165) is 31.2 Å². The van der Waals surface area contributed by atoms with Crippen LogP contribution in [0.4, 0.5) is 4.79 Å². The molecule has 30 heavy (non-hydrogen) atoms. The third-order valence-electron chi connectivity index (χ3n) is 5.41. The molecular formula is C23H37NO5S. The Hall–Kier alpha value is -1.60. The topological polar surface area (TPSA) is 72.9 Å². The summed E-state index contributed by atoms with van der Waals surface area (Å²) >= 11 is 0. The van der Waals surface area contributed by atoms with Gasteiger partial charge in [0.05, 0.1) is 11.5 Å². The Kier molecular flexibility index (Phi) is 7.97. The first kappa shape index (κ1) is 24.7. The molecule has 170 valence electrons. The summed E-state index contributed by atoms with van der Waals surface area (Å²) in [6, 6.07) is 6.70. The van der Waals surface area contributed by atoms with Crippen molar-refractivity contribution in [1.29, 1.82) is 0 Å². The van der Waals surface area contributed by atoms with E-state index in [0.29, 0.717) is 19.0 Å². The molecule has 1 fully saturated rings. The highest BCUT2D eigenvalue weighted by Gasteiger charge is 2.29. The summed E-state index contributed by atoms with van der Waals surface area (Å²) in [5.74, 6) is 0.525.